The molecule has 0 saturated heterocycles. The smallest absolute Gasteiger partial charge is 0.191 e. The molecule has 4 nitrogen and oxygen atoms in total. The molecule has 1 aliphatic rings. The van der Waals surface area contributed by atoms with Gasteiger partial charge in [-0.15, -0.1) is 32.9 Å². The van der Waals surface area contributed by atoms with E-state index >= 15 is 0 Å². The molecule has 1 aliphatic carbocycles. The lowest BCUT2D eigenvalue weighted by atomic mass is 9.88. The van der Waals surface area contributed by atoms with Crippen LogP contribution in [-0.2, 0) is 25.6 Å². The third-order valence-electron chi connectivity index (χ3n) is 5.75. The number of aromatic nitrogens is 4. The first kappa shape index (κ1) is 20.0. The van der Waals surface area contributed by atoms with Crippen LogP contribution in [0.3, 0.4) is 0 Å². The van der Waals surface area contributed by atoms with Gasteiger partial charge in [0.25, 0.3) is 0 Å². The maximum atomic E-state index is 4.85. The molecule has 0 saturated carbocycles. The van der Waals surface area contributed by atoms with Crippen molar-refractivity contribution in [2.24, 2.45) is 13.0 Å². The van der Waals surface area contributed by atoms with Crippen molar-refractivity contribution in [2.45, 2.75) is 44.0 Å². The zero-order valence-electron chi connectivity index (χ0n) is 17.4. The number of hydrogen-bond donors (Lipinski definition) is 0. The number of rotatable bonds is 5. The van der Waals surface area contributed by atoms with E-state index in [0.29, 0.717) is 0 Å². The summed E-state index contributed by atoms with van der Waals surface area (Å²) in [6.07, 6.45) is 3.63. The minimum absolute atomic E-state index is 0.789. The van der Waals surface area contributed by atoms with E-state index < -0.39 is 0 Å². The number of hydrogen-bond acceptors (Lipinski definition) is 6. The normalized spacial score (nSPS) is 16.0. The van der Waals surface area contributed by atoms with Gasteiger partial charge in [-0.3, -0.25) is 0 Å². The molecule has 3 aromatic heterocycles. The summed E-state index contributed by atoms with van der Waals surface area (Å²) in [4.78, 5) is 6.38. The van der Waals surface area contributed by atoms with Crippen molar-refractivity contribution in [3.05, 3.63) is 56.7 Å². The summed E-state index contributed by atoms with van der Waals surface area (Å²) in [6, 6.07) is 8.42. The second-order valence-corrected chi connectivity index (χ2v) is 10.8. The molecule has 1 atom stereocenters. The fourth-order valence-electron chi connectivity index (χ4n) is 3.99. The number of nitrogens with zero attached hydrogens (tertiary/aromatic N) is 4. The van der Waals surface area contributed by atoms with Crippen LogP contribution in [0.2, 0.25) is 0 Å². The van der Waals surface area contributed by atoms with Gasteiger partial charge < -0.3 is 4.57 Å². The van der Waals surface area contributed by atoms with E-state index in [0.717, 1.165) is 39.8 Å². The highest BCUT2D eigenvalue weighted by Crippen LogP contribution is 2.38. The summed E-state index contributed by atoms with van der Waals surface area (Å²) >= 11 is 5.30. The zero-order valence-corrected chi connectivity index (χ0v) is 19.8. The quantitative estimate of drug-likeness (QED) is 0.329. The first-order valence-corrected chi connectivity index (χ1v) is 13.0. The van der Waals surface area contributed by atoms with E-state index in [9.17, 15) is 0 Å². The predicted molar refractivity (Wildman–Crippen MR) is 127 cm³/mol. The minimum Gasteiger partial charge on any atom is -0.305 e. The number of aryl methyl sites for hydroxylation is 1. The number of thiazole rings is 1. The van der Waals surface area contributed by atoms with Crippen molar-refractivity contribution in [1.82, 2.24) is 19.7 Å². The second-order valence-electron chi connectivity index (χ2n) is 8.01. The largest absolute Gasteiger partial charge is 0.305 e. The van der Waals surface area contributed by atoms with E-state index in [1.54, 1.807) is 23.1 Å². The molecule has 7 heteroatoms. The third-order valence-corrected chi connectivity index (χ3v) is 8.78. The molecular weight excluding hydrogens is 428 g/mol. The Hall–Kier alpha value is -1.96. The van der Waals surface area contributed by atoms with Gasteiger partial charge in [0.1, 0.15) is 5.01 Å². The van der Waals surface area contributed by atoms with Gasteiger partial charge in [-0.1, -0.05) is 43.0 Å². The Bertz CT molecular complexity index is 1190. The molecule has 0 aliphatic heterocycles. The maximum absolute atomic E-state index is 4.85. The van der Waals surface area contributed by atoms with Crippen LogP contribution in [0.4, 0.5) is 0 Å². The molecule has 5 rings (SSSR count). The summed E-state index contributed by atoms with van der Waals surface area (Å²) in [5.41, 5.74) is 6.34. The third kappa shape index (κ3) is 3.74. The monoisotopic (exact) mass is 452 g/mol. The van der Waals surface area contributed by atoms with Crippen LogP contribution in [0.15, 0.2) is 40.2 Å². The summed E-state index contributed by atoms with van der Waals surface area (Å²) in [5.74, 6) is 2.58. The first-order valence-electron chi connectivity index (χ1n) is 10.2. The lowest BCUT2D eigenvalue weighted by Crippen LogP contribution is -2.09. The Morgan fingerprint density at radius 1 is 1.13 bits per heavy atom. The van der Waals surface area contributed by atoms with Gasteiger partial charge in [-0.2, -0.15) is 0 Å². The predicted octanol–water partition coefficient (Wildman–Crippen LogP) is 6.39. The molecule has 0 N–H and O–H groups in total. The molecule has 1 unspecified atom stereocenters. The highest BCUT2D eigenvalue weighted by atomic mass is 32.2. The molecule has 0 fully saturated rings. The fraction of sp³-hybridized carbons (Fsp3) is 0.348. The Morgan fingerprint density at radius 2 is 2.00 bits per heavy atom. The fourth-order valence-corrected chi connectivity index (χ4v) is 7.05. The van der Waals surface area contributed by atoms with Crippen LogP contribution in [-0.4, -0.2) is 19.7 Å². The molecular formula is C23H24N4S3. The molecule has 0 spiro atoms. The molecule has 0 bridgehead atoms. The molecule has 154 valence electrons. The first-order chi connectivity index (χ1) is 14.6. The van der Waals surface area contributed by atoms with Crippen LogP contribution >= 0.6 is 34.4 Å². The molecule has 3 heterocycles. The van der Waals surface area contributed by atoms with Crippen molar-refractivity contribution >= 4 is 34.4 Å². The van der Waals surface area contributed by atoms with Crippen LogP contribution in [0.25, 0.3) is 22.0 Å². The van der Waals surface area contributed by atoms with Gasteiger partial charge in [-0.25, -0.2) is 4.98 Å². The average Bonchev–Trinajstić information content (AvgIpc) is 3.45. The lowest BCUT2D eigenvalue weighted by Gasteiger charge is -2.18. The topological polar surface area (TPSA) is 43.6 Å². The van der Waals surface area contributed by atoms with E-state index in [2.05, 4.69) is 70.7 Å². The maximum Gasteiger partial charge on any atom is 0.191 e. The van der Waals surface area contributed by atoms with Crippen molar-refractivity contribution in [1.29, 1.82) is 0 Å². The van der Waals surface area contributed by atoms with Crippen molar-refractivity contribution in [3.8, 4) is 22.0 Å². The Morgan fingerprint density at radius 3 is 2.87 bits per heavy atom. The van der Waals surface area contributed by atoms with E-state index in [1.165, 1.54) is 40.0 Å². The molecule has 4 aromatic rings. The van der Waals surface area contributed by atoms with Crippen LogP contribution < -0.4 is 0 Å². The van der Waals surface area contributed by atoms with Crippen LogP contribution in [0, 0.1) is 12.8 Å². The number of thioether (sulfide) groups is 1. The van der Waals surface area contributed by atoms with Crippen LogP contribution in [0.1, 0.15) is 35.0 Å². The van der Waals surface area contributed by atoms with Gasteiger partial charge in [0.15, 0.2) is 11.0 Å². The van der Waals surface area contributed by atoms with Gasteiger partial charge in [0.05, 0.1) is 5.69 Å². The van der Waals surface area contributed by atoms with Crippen LogP contribution in [0.5, 0.6) is 0 Å². The Kier molecular flexibility index (Phi) is 5.52. The number of thiophene rings is 1. The SMILES string of the molecule is Cc1ccccc1-c1nc(CSc2nnc(-c3csc4c3CCC(C)C4)n2C)cs1. The molecule has 0 radical (unpaired) electrons. The average molecular weight is 453 g/mol. The van der Waals surface area contributed by atoms with E-state index in [1.807, 2.05) is 11.3 Å². The second kappa shape index (κ2) is 8.29. The molecule has 1 aromatic carbocycles. The summed E-state index contributed by atoms with van der Waals surface area (Å²) < 4.78 is 2.14. The van der Waals surface area contributed by atoms with Crippen molar-refractivity contribution in [2.75, 3.05) is 0 Å². The minimum atomic E-state index is 0.789. The standard InChI is InChI=1S/C23H24N4S3/c1-14-8-9-18-19(13-28-20(18)10-14)21-25-26-23(27(21)3)30-12-16-11-29-22(24-16)17-7-5-4-6-15(17)2/h4-7,11,13-14H,8-10,12H2,1-3H3. The van der Waals surface area contributed by atoms with Gasteiger partial charge in [-0.05, 0) is 43.2 Å². The van der Waals surface area contributed by atoms with E-state index in [-0.39, 0.29) is 0 Å². The lowest BCUT2D eigenvalue weighted by molar-refractivity contribution is 0.508. The molecule has 30 heavy (non-hydrogen) atoms. The Balaban J connectivity index is 1.32. The zero-order chi connectivity index (χ0) is 20.7. The summed E-state index contributed by atoms with van der Waals surface area (Å²) in [5, 5.41) is 15.5. The van der Waals surface area contributed by atoms with E-state index in [4.69, 9.17) is 4.98 Å². The van der Waals surface area contributed by atoms with Gasteiger partial charge in [0, 0.05) is 39.6 Å². The highest BCUT2D eigenvalue weighted by Gasteiger charge is 2.23. The van der Waals surface area contributed by atoms with Gasteiger partial charge >= 0.3 is 0 Å². The van der Waals surface area contributed by atoms with Crippen molar-refractivity contribution in [3.63, 3.8) is 0 Å². The summed E-state index contributed by atoms with van der Waals surface area (Å²) in [6.45, 7) is 4.48. The Labute approximate surface area is 189 Å². The highest BCUT2D eigenvalue weighted by molar-refractivity contribution is 7.98. The van der Waals surface area contributed by atoms with Gasteiger partial charge in [0.2, 0.25) is 0 Å². The summed E-state index contributed by atoms with van der Waals surface area (Å²) in [7, 11) is 2.08. The number of benzene rings is 1. The van der Waals surface area contributed by atoms with Crippen molar-refractivity contribution < 1.29 is 0 Å². The molecule has 0 amide bonds. The number of fused-ring (bicyclic) bond motifs is 1.